The quantitative estimate of drug-likeness (QED) is 0.758. The molecule has 4 heteroatoms. The highest BCUT2D eigenvalue weighted by Gasteiger charge is 2.26. The lowest BCUT2D eigenvalue weighted by Crippen LogP contribution is -2.21. The second-order valence-corrected chi connectivity index (χ2v) is 4.58. The van der Waals surface area contributed by atoms with Crippen LogP contribution in [0.5, 0.6) is 0 Å². The highest BCUT2D eigenvalue weighted by Crippen LogP contribution is 2.32. The van der Waals surface area contributed by atoms with E-state index in [1.54, 1.807) is 0 Å². The van der Waals surface area contributed by atoms with Gasteiger partial charge in [-0.15, -0.1) is 0 Å². The van der Waals surface area contributed by atoms with E-state index in [9.17, 15) is 4.79 Å². The average Bonchev–Trinajstić information content (AvgIpc) is 2.75. The average molecular weight is 205 g/mol. The fourth-order valence-electron chi connectivity index (χ4n) is 2.20. The van der Waals surface area contributed by atoms with Crippen LogP contribution in [0, 0.1) is 5.92 Å². The van der Waals surface area contributed by atoms with Gasteiger partial charge in [-0.3, -0.25) is 4.57 Å². The van der Waals surface area contributed by atoms with Crippen molar-refractivity contribution in [1.82, 2.24) is 14.8 Å². The van der Waals surface area contributed by atoms with Gasteiger partial charge in [0.25, 0.3) is 0 Å². The first-order valence-corrected chi connectivity index (χ1v) is 5.64. The van der Waals surface area contributed by atoms with E-state index in [-0.39, 0.29) is 5.69 Å². The van der Waals surface area contributed by atoms with E-state index < -0.39 is 0 Å². The van der Waals surface area contributed by atoms with Gasteiger partial charge in [-0.05, 0) is 31.6 Å². The molecule has 2 aliphatic rings. The molecule has 1 N–H and O–H groups in total. The lowest BCUT2D eigenvalue weighted by molar-refractivity contribution is 0.546. The summed E-state index contributed by atoms with van der Waals surface area (Å²) < 4.78 is 1.84. The maximum atomic E-state index is 11.6. The monoisotopic (exact) mass is 205 g/mol. The summed E-state index contributed by atoms with van der Waals surface area (Å²) >= 11 is 0. The van der Waals surface area contributed by atoms with Crippen LogP contribution < -0.4 is 5.69 Å². The maximum Gasteiger partial charge on any atom is 0.343 e. The number of allylic oxidation sites excluding steroid dienone is 2. The number of H-pyrrole nitrogens is 1. The Labute approximate surface area is 88.0 Å². The molecule has 0 spiro atoms. The first-order valence-electron chi connectivity index (χ1n) is 5.64. The van der Waals surface area contributed by atoms with Gasteiger partial charge in [-0.25, -0.2) is 9.89 Å². The van der Waals surface area contributed by atoms with Crippen LogP contribution in [0.15, 0.2) is 16.9 Å². The molecule has 1 heterocycles. The summed E-state index contributed by atoms with van der Waals surface area (Å²) in [5.41, 5.74) is -0.0381. The Morgan fingerprint density at radius 1 is 1.40 bits per heavy atom. The lowest BCUT2D eigenvalue weighted by atomic mass is 10.1. The molecule has 0 aliphatic heterocycles. The zero-order valence-corrected chi connectivity index (χ0v) is 8.65. The number of aromatic amines is 1. The third-order valence-corrected chi connectivity index (χ3v) is 3.30. The number of nitrogens with one attached hydrogen (secondary N) is 1. The van der Waals surface area contributed by atoms with Crippen molar-refractivity contribution >= 4 is 0 Å². The molecule has 0 aromatic carbocycles. The molecule has 2 aliphatic carbocycles. The Kier molecular flexibility index (Phi) is 2.01. The maximum absolute atomic E-state index is 11.6. The topological polar surface area (TPSA) is 50.7 Å². The molecule has 1 fully saturated rings. The molecule has 0 radical (unpaired) electrons. The Hall–Kier alpha value is -1.32. The normalized spacial score (nSPS) is 21.3. The van der Waals surface area contributed by atoms with Crippen LogP contribution in [-0.2, 0) is 6.54 Å². The zero-order chi connectivity index (χ0) is 10.3. The van der Waals surface area contributed by atoms with E-state index in [1.807, 2.05) is 4.57 Å². The number of hydrogen-bond acceptors (Lipinski definition) is 2. The molecule has 0 atom stereocenters. The molecule has 1 aromatic rings. The van der Waals surface area contributed by atoms with Crippen LogP contribution in [-0.4, -0.2) is 14.8 Å². The molecule has 0 unspecified atom stereocenters. The van der Waals surface area contributed by atoms with Gasteiger partial charge in [0, 0.05) is 12.5 Å². The zero-order valence-electron chi connectivity index (χ0n) is 8.65. The molecule has 80 valence electrons. The molecule has 0 saturated heterocycles. The van der Waals surface area contributed by atoms with Gasteiger partial charge < -0.3 is 0 Å². The van der Waals surface area contributed by atoms with Crippen LogP contribution in [0.25, 0.3) is 0 Å². The van der Waals surface area contributed by atoms with Gasteiger partial charge in [-0.2, -0.15) is 5.10 Å². The summed E-state index contributed by atoms with van der Waals surface area (Å²) in [5.74, 6) is 2.09. The predicted octanol–water partition coefficient (Wildman–Crippen LogP) is 1.41. The van der Waals surface area contributed by atoms with Crippen molar-refractivity contribution in [3.63, 3.8) is 0 Å². The SMILES string of the molecule is O=c1[nH]nc(C2CC=CC2)n1CC1CC1. The number of rotatable bonds is 3. The van der Waals surface area contributed by atoms with Gasteiger partial charge in [-0.1, -0.05) is 12.2 Å². The smallest absolute Gasteiger partial charge is 0.279 e. The van der Waals surface area contributed by atoms with Crippen molar-refractivity contribution in [2.45, 2.75) is 38.1 Å². The minimum Gasteiger partial charge on any atom is -0.279 e. The van der Waals surface area contributed by atoms with E-state index in [2.05, 4.69) is 22.3 Å². The molecular formula is C11H15N3O. The molecule has 3 rings (SSSR count). The van der Waals surface area contributed by atoms with Crippen molar-refractivity contribution in [3.05, 3.63) is 28.5 Å². The second-order valence-electron chi connectivity index (χ2n) is 4.58. The van der Waals surface area contributed by atoms with Crippen LogP contribution in [0.4, 0.5) is 0 Å². The third-order valence-electron chi connectivity index (χ3n) is 3.30. The second kappa shape index (κ2) is 3.36. The Balaban J connectivity index is 1.88. The van der Waals surface area contributed by atoms with Crippen LogP contribution in [0.3, 0.4) is 0 Å². The number of hydrogen-bond donors (Lipinski definition) is 1. The molecule has 15 heavy (non-hydrogen) atoms. The van der Waals surface area contributed by atoms with Gasteiger partial charge in [0.15, 0.2) is 0 Å². The number of aromatic nitrogens is 3. The molecule has 1 saturated carbocycles. The van der Waals surface area contributed by atoms with E-state index in [4.69, 9.17) is 0 Å². The number of nitrogens with zero attached hydrogens (tertiary/aromatic N) is 2. The third kappa shape index (κ3) is 1.64. The van der Waals surface area contributed by atoms with Gasteiger partial charge in [0.05, 0.1) is 0 Å². The lowest BCUT2D eigenvalue weighted by Gasteiger charge is -2.09. The molecule has 1 aromatic heterocycles. The first-order chi connectivity index (χ1) is 7.34. The standard InChI is InChI=1S/C11H15N3O/c15-11-13-12-10(9-3-1-2-4-9)14(11)7-8-5-6-8/h1-2,8-9H,3-7H2,(H,13,15). The van der Waals surface area contributed by atoms with Crippen LogP contribution >= 0.6 is 0 Å². The first kappa shape index (κ1) is 8.95. The summed E-state index contributed by atoms with van der Waals surface area (Å²) in [6.07, 6.45) is 8.92. The van der Waals surface area contributed by atoms with Crippen LogP contribution in [0.1, 0.15) is 37.4 Å². The largest absolute Gasteiger partial charge is 0.343 e. The Morgan fingerprint density at radius 3 is 2.80 bits per heavy atom. The van der Waals surface area contributed by atoms with E-state index in [0.29, 0.717) is 11.8 Å². The highest BCUT2D eigenvalue weighted by atomic mass is 16.1. The van der Waals surface area contributed by atoms with Crippen molar-refractivity contribution < 1.29 is 0 Å². The van der Waals surface area contributed by atoms with Gasteiger partial charge >= 0.3 is 5.69 Å². The highest BCUT2D eigenvalue weighted by molar-refractivity contribution is 5.09. The summed E-state index contributed by atoms with van der Waals surface area (Å²) in [5, 5.41) is 6.74. The summed E-state index contributed by atoms with van der Waals surface area (Å²) in [7, 11) is 0. The summed E-state index contributed by atoms with van der Waals surface area (Å²) in [6, 6.07) is 0. The van der Waals surface area contributed by atoms with Crippen molar-refractivity contribution in [3.8, 4) is 0 Å². The van der Waals surface area contributed by atoms with Crippen molar-refractivity contribution in [1.29, 1.82) is 0 Å². The Bertz CT molecular complexity index is 431. The molecule has 0 bridgehead atoms. The predicted molar refractivity (Wildman–Crippen MR) is 56.7 cm³/mol. The van der Waals surface area contributed by atoms with Gasteiger partial charge in [0.1, 0.15) is 5.82 Å². The van der Waals surface area contributed by atoms with Gasteiger partial charge in [0.2, 0.25) is 0 Å². The minimum absolute atomic E-state index is 0.0381. The fraction of sp³-hybridized carbons (Fsp3) is 0.636. The van der Waals surface area contributed by atoms with Crippen molar-refractivity contribution in [2.75, 3.05) is 0 Å². The Morgan fingerprint density at radius 2 is 2.13 bits per heavy atom. The fourth-order valence-corrected chi connectivity index (χ4v) is 2.20. The summed E-state index contributed by atoms with van der Waals surface area (Å²) in [6.45, 7) is 0.862. The minimum atomic E-state index is -0.0381. The van der Waals surface area contributed by atoms with E-state index >= 15 is 0 Å². The van der Waals surface area contributed by atoms with Crippen molar-refractivity contribution in [2.24, 2.45) is 5.92 Å². The molecule has 4 nitrogen and oxygen atoms in total. The summed E-state index contributed by atoms with van der Waals surface area (Å²) in [4.78, 5) is 11.6. The van der Waals surface area contributed by atoms with E-state index in [0.717, 1.165) is 25.2 Å². The molecule has 0 amide bonds. The molecular weight excluding hydrogens is 190 g/mol. The van der Waals surface area contributed by atoms with E-state index in [1.165, 1.54) is 12.8 Å². The van der Waals surface area contributed by atoms with Crippen LogP contribution in [0.2, 0.25) is 0 Å².